The fourth-order valence-corrected chi connectivity index (χ4v) is 0.434. The number of hydrogen-bond donors (Lipinski definition) is 2. The van der Waals surface area contributed by atoms with Gasteiger partial charge in [0.15, 0.2) is 0 Å². The van der Waals surface area contributed by atoms with Crippen LogP contribution in [0.25, 0.3) is 0 Å². The zero-order valence-corrected chi connectivity index (χ0v) is 7.92. The van der Waals surface area contributed by atoms with E-state index in [4.69, 9.17) is 10.8 Å². The molecule has 0 rings (SSSR count). The van der Waals surface area contributed by atoms with Gasteiger partial charge in [0.05, 0.1) is 0 Å². The average Bonchev–Trinajstić information content (AvgIpc) is 1.67. The van der Waals surface area contributed by atoms with Crippen molar-refractivity contribution in [3.8, 4) is 0 Å². The minimum absolute atomic E-state index is 0. The smallest absolute Gasteiger partial charge is 0.320 e. The van der Waals surface area contributed by atoms with Crippen molar-refractivity contribution in [2.24, 2.45) is 5.73 Å². The average molecular weight is 140 g/mol. The maximum Gasteiger partial charge on any atom is 0.320 e. The van der Waals surface area contributed by atoms with Crippen molar-refractivity contribution < 1.29 is 9.90 Å². The molecule has 0 aromatic carbocycles. The van der Waals surface area contributed by atoms with Crippen LogP contribution >= 0.6 is 0 Å². The van der Waals surface area contributed by atoms with Gasteiger partial charge in [-0.25, -0.2) is 0 Å². The van der Waals surface area contributed by atoms with E-state index in [1.54, 1.807) is 0 Å². The summed E-state index contributed by atoms with van der Waals surface area (Å²) in [5, 5.41) is 8.19. The second kappa shape index (κ2) is 6.55. The van der Waals surface area contributed by atoms with Gasteiger partial charge in [0.1, 0.15) is 6.04 Å². The first-order valence-electron chi connectivity index (χ1n) is 2.67. The van der Waals surface area contributed by atoms with Crippen molar-refractivity contribution in [1.82, 2.24) is 0 Å². The predicted molar refractivity (Wildman–Crippen MR) is 36.3 cm³/mol. The molecule has 49 valence electrons. The van der Waals surface area contributed by atoms with Crippen LogP contribution in [0, 0.1) is 0 Å². The van der Waals surface area contributed by atoms with Gasteiger partial charge in [-0.2, -0.15) is 0 Å². The van der Waals surface area contributed by atoms with Gasteiger partial charge in [0.25, 0.3) is 0 Å². The molecule has 0 unspecified atom stereocenters. The van der Waals surface area contributed by atoms with E-state index in [-0.39, 0.29) is 29.6 Å². The topological polar surface area (TPSA) is 63.3 Å². The van der Waals surface area contributed by atoms with E-state index in [1.165, 1.54) is 0 Å². The summed E-state index contributed by atoms with van der Waals surface area (Å²) < 4.78 is 0. The number of carboxylic acids is 1. The van der Waals surface area contributed by atoms with Crippen LogP contribution < -0.4 is 5.73 Å². The number of aliphatic carboxylic acids is 1. The summed E-state index contributed by atoms with van der Waals surface area (Å²) >= 11 is 0. The Bertz CT molecular complexity index is 87.0. The Kier molecular flexibility index (Phi) is 8.83. The van der Waals surface area contributed by atoms with E-state index in [2.05, 4.69) is 0 Å². The fraction of sp³-hybridized carbons (Fsp3) is 0.800. The summed E-state index contributed by atoms with van der Waals surface area (Å²) in [7, 11) is 0. The Morgan fingerprint density at radius 3 is 2.33 bits per heavy atom. The molecule has 0 fully saturated rings. The minimum atomic E-state index is -0.910. The van der Waals surface area contributed by atoms with Crippen LogP contribution in [0.5, 0.6) is 0 Å². The van der Waals surface area contributed by atoms with Crippen LogP contribution in [0.2, 0.25) is 0 Å². The Morgan fingerprint density at radius 2 is 2.22 bits per heavy atom. The summed E-state index contributed by atoms with van der Waals surface area (Å²) in [6, 6.07) is -0.667. The zero-order chi connectivity index (χ0) is 6.57. The zero-order valence-electron chi connectivity index (χ0n) is 5.92. The molecule has 0 aliphatic heterocycles. The second-order valence-corrected chi connectivity index (χ2v) is 1.73. The third-order valence-electron chi connectivity index (χ3n) is 0.917. The van der Waals surface area contributed by atoms with Gasteiger partial charge in [0, 0.05) is 29.6 Å². The Hall–Kier alpha value is 0.430. The van der Waals surface area contributed by atoms with Gasteiger partial charge in [0.2, 0.25) is 0 Å². The Morgan fingerprint density at radius 1 is 1.78 bits per heavy atom. The quantitative estimate of drug-likeness (QED) is 0.534. The normalized spacial score (nSPS) is 11.8. The number of rotatable bonds is 3. The molecule has 4 heteroatoms. The maximum absolute atomic E-state index is 9.96. The van der Waals surface area contributed by atoms with Gasteiger partial charge in [-0.15, -0.1) is 0 Å². The van der Waals surface area contributed by atoms with E-state index in [9.17, 15) is 4.79 Å². The number of carboxylic acid groups (broad SMARTS) is 1. The van der Waals surface area contributed by atoms with Crippen LogP contribution in [0.3, 0.4) is 0 Å². The monoisotopic (exact) mass is 140 g/mol. The Labute approximate surface area is 76.9 Å². The molecule has 0 heterocycles. The van der Waals surface area contributed by atoms with Gasteiger partial charge in [-0.1, -0.05) is 13.3 Å². The van der Waals surface area contributed by atoms with Crippen molar-refractivity contribution in [1.29, 1.82) is 0 Å². The third-order valence-corrected chi connectivity index (χ3v) is 0.917. The van der Waals surface area contributed by atoms with E-state index >= 15 is 0 Å². The van der Waals surface area contributed by atoms with Crippen molar-refractivity contribution in [3.05, 3.63) is 0 Å². The minimum Gasteiger partial charge on any atom is -0.480 e. The molecular weight excluding hydrogens is 129 g/mol. The number of nitrogens with two attached hydrogens (primary N) is 1. The van der Waals surface area contributed by atoms with Gasteiger partial charge in [-0.3, -0.25) is 4.79 Å². The summed E-state index contributed by atoms with van der Waals surface area (Å²) in [5.41, 5.74) is 5.13. The summed E-state index contributed by atoms with van der Waals surface area (Å²) in [4.78, 5) is 9.96. The molecule has 0 saturated carbocycles. The Balaban J connectivity index is 0. The van der Waals surface area contributed by atoms with Crippen LogP contribution in [-0.4, -0.2) is 46.7 Å². The molecule has 0 saturated heterocycles. The summed E-state index contributed by atoms with van der Waals surface area (Å²) in [6.07, 6.45) is 1.39. The molecule has 1 atom stereocenters. The molecule has 0 aromatic rings. The fourth-order valence-electron chi connectivity index (χ4n) is 0.434. The second-order valence-electron chi connectivity index (χ2n) is 1.73. The predicted octanol–water partition coefficient (Wildman–Crippen LogP) is -0.182. The third kappa shape index (κ3) is 6.31. The van der Waals surface area contributed by atoms with Gasteiger partial charge < -0.3 is 10.8 Å². The van der Waals surface area contributed by atoms with Crippen LogP contribution in [0.15, 0.2) is 0 Å². The first-order valence-corrected chi connectivity index (χ1v) is 2.67. The molecule has 0 aromatic heterocycles. The standard InChI is InChI=1S/C5H11NO2.Na/c1-2-3-4(6)5(7)8;/h4H,2-3,6H2,1H3,(H,7,8);/t4-;/m0./s1. The van der Waals surface area contributed by atoms with Crippen molar-refractivity contribution in [3.63, 3.8) is 0 Å². The molecule has 0 spiro atoms. The van der Waals surface area contributed by atoms with Gasteiger partial charge in [-0.05, 0) is 6.42 Å². The van der Waals surface area contributed by atoms with E-state index in [0.717, 1.165) is 6.42 Å². The van der Waals surface area contributed by atoms with Crippen molar-refractivity contribution in [2.75, 3.05) is 0 Å². The van der Waals surface area contributed by atoms with E-state index < -0.39 is 12.0 Å². The molecule has 9 heavy (non-hydrogen) atoms. The van der Waals surface area contributed by atoms with Crippen LogP contribution in [-0.2, 0) is 4.79 Å². The maximum atomic E-state index is 9.96. The van der Waals surface area contributed by atoms with Crippen molar-refractivity contribution >= 4 is 35.5 Å². The summed E-state index contributed by atoms with van der Waals surface area (Å²) in [6.45, 7) is 1.91. The summed E-state index contributed by atoms with van der Waals surface area (Å²) in [5.74, 6) is -0.910. The first-order chi connectivity index (χ1) is 3.68. The molecule has 1 radical (unpaired) electrons. The molecule has 3 N–H and O–H groups in total. The first kappa shape index (κ1) is 12.1. The van der Waals surface area contributed by atoms with Crippen molar-refractivity contribution in [2.45, 2.75) is 25.8 Å². The molecule has 0 bridgehead atoms. The number of carbonyl (C=O) groups is 1. The van der Waals surface area contributed by atoms with Gasteiger partial charge >= 0.3 is 5.97 Å². The SMILES string of the molecule is CCC[C@H](N)C(=O)O.[Na]. The van der Waals surface area contributed by atoms with E-state index in [1.807, 2.05) is 6.92 Å². The largest absolute Gasteiger partial charge is 0.480 e. The van der Waals surface area contributed by atoms with Crippen LogP contribution in [0.1, 0.15) is 19.8 Å². The molecule has 0 amide bonds. The van der Waals surface area contributed by atoms with Crippen LogP contribution in [0.4, 0.5) is 0 Å². The molecular formula is C5H11NNaO2. The van der Waals surface area contributed by atoms with E-state index in [0.29, 0.717) is 6.42 Å². The molecule has 0 aliphatic carbocycles. The molecule has 0 aliphatic rings. The number of hydrogen-bond acceptors (Lipinski definition) is 2. The molecule has 3 nitrogen and oxygen atoms in total.